The van der Waals surface area contributed by atoms with E-state index in [2.05, 4.69) is 36.1 Å². The standard InChI is InChI=1S/C37H44N4O3/c1-2-33(31-14-8-4-9-15-31)35(43)39-24-20-37(21-25-39)36(44)40(28-41(37)32-16-10-5-11-17-32)27-34(42)38-22-18-30(19-23-38)26-29-12-6-3-7-13-29/h3-17,30,33H,2,18-28H2,1H3. The Kier molecular flexibility index (Phi) is 9.01. The van der Waals surface area contributed by atoms with Gasteiger partial charge in [-0.25, -0.2) is 0 Å². The van der Waals surface area contributed by atoms with Crippen LogP contribution in [0.1, 0.15) is 56.1 Å². The summed E-state index contributed by atoms with van der Waals surface area (Å²) >= 11 is 0. The molecule has 3 amide bonds. The minimum absolute atomic E-state index is 0.0101. The number of carbonyl (C=O) groups excluding carboxylic acids is 3. The Morgan fingerprint density at radius 1 is 0.795 bits per heavy atom. The van der Waals surface area contributed by atoms with Crippen LogP contribution in [-0.4, -0.2) is 77.4 Å². The van der Waals surface area contributed by atoms with Crippen molar-refractivity contribution in [3.63, 3.8) is 0 Å². The Hall–Kier alpha value is -4.13. The number of benzene rings is 3. The lowest BCUT2D eigenvalue weighted by atomic mass is 9.84. The van der Waals surface area contributed by atoms with E-state index in [1.165, 1.54) is 5.56 Å². The number of likely N-dealkylation sites (tertiary alicyclic amines) is 2. The van der Waals surface area contributed by atoms with Gasteiger partial charge in [0.15, 0.2) is 0 Å². The number of anilines is 1. The predicted octanol–water partition coefficient (Wildman–Crippen LogP) is 5.33. The van der Waals surface area contributed by atoms with E-state index >= 15 is 0 Å². The fraction of sp³-hybridized carbons (Fsp3) is 0.432. The second kappa shape index (κ2) is 13.2. The van der Waals surface area contributed by atoms with Crippen molar-refractivity contribution >= 4 is 23.4 Å². The summed E-state index contributed by atoms with van der Waals surface area (Å²) in [6.07, 6.45) is 4.85. The van der Waals surface area contributed by atoms with E-state index in [4.69, 9.17) is 0 Å². The van der Waals surface area contributed by atoms with Gasteiger partial charge in [-0.15, -0.1) is 0 Å². The largest absolute Gasteiger partial charge is 0.342 e. The van der Waals surface area contributed by atoms with Gasteiger partial charge in [0.2, 0.25) is 11.8 Å². The zero-order valence-electron chi connectivity index (χ0n) is 25.8. The Balaban J connectivity index is 1.12. The van der Waals surface area contributed by atoms with Gasteiger partial charge in [0.05, 0.1) is 12.6 Å². The maximum Gasteiger partial charge on any atom is 0.250 e. The first-order valence-corrected chi connectivity index (χ1v) is 16.3. The maximum absolute atomic E-state index is 14.2. The van der Waals surface area contributed by atoms with Gasteiger partial charge in [-0.1, -0.05) is 85.8 Å². The highest BCUT2D eigenvalue weighted by atomic mass is 16.2. The average molecular weight is 593 g/mol. The van der Waals surface area contributed by atoms with Crippen LogP contribution in [0.2, 0.25) is 0 Å². The van der Waals surface area contributed by atoms with Gasteiger partial charge in [-0.2, -0.15) is 0 Å². The van der Waals surface area contributed by atoms with Crippen molar-refractivity contribution in [2.24, 2.45) is 5.92 Å². The molecule has 3 aliphatic rings. The molecule has 1 spiro atoms. The highest BCUT2D eigenvalue weighted by Gasteiger charge is 2.54. The van der Waals surface area contributed by atoms with Crippen molar-refractivity contribution in [2.45, 2.75) is 56.9 Å². The van der Waals surface area contributed by atoms with Crippen LogP contribution < -0.4 is 4.90 Å². The van der Waals surface area contributed by atoms with Crippen molar-refractivity contribution in [1.29, 1.82) is 0 Å². The van der Waals surface area contributed by atoms with Crippen LogP contribution in [-0.2, 0) is 20.8 Å². The molecule has 44 heavy (non-hydrogen) atoms. The number of hydrogen-bond donors (Lipinski definition) is 0. The molecular weight excluding hydrogens is 548 g/mol. The molecule has 0 bridgehead atoms. The molecule has 0 N–H and O–H groups in total. The summed E-state index contributed by atoms with van der Waals surface area (Å²) in [5, 5.41) is 0. The molecule has 0 saturated carbocycles. The molecule has 7 nitrogen and oxygen atoms in total. The highest BCUT2D eigenvalue weighted by molar-refractivity contribution is 5.96. The van der Waals surface area contributed by atoms with E-state index in [0.717, 1.165) is 50.0 Å². The number of para-hydroxylation sites is 1. The van der Waals surface area contributed by atoms with Crippen molar-refractivity contribution in [2.75, 3.05) is 44.3 Å². The maximum atomic E-state index is 14.2. The van der Waals surface area contributed by atoms with E-state index in [1.807, 2.05) is 76.5 Å². The second-order valence-corrected chi connectivity index (χ2v) is 12.7. The lowest BCUT2D eigenvalue weighted by molar-refractivity contribution is -0.143. The predicted molar refractivity (Wildman–Crippen MR) is 173 cm³/mol. The van der Waals surface area contributed by atoms with Gasteiger partial charge in [-0.3, -0.25) is 14.4 Å². The van der Waals surface area contributed by atoms with Gasteiger partial charge >= 0.3 is 0 Å². The Morgan fingerprint density at radius 3 is 2.00 bits per heavy atom. The van der Waals surface area contributed by atoms with Gasteiger partial charge < -0.3 is 19.6 Å². The summed E-state index contributed by atoms with van der Waals surface area (Å²) < 4.78 is 0. The molecule has 0 aromatic heterocycles. The summed E-state index contributed by atoms with van der Waals surface area (Å²) in [6, 6.07) is 30.6. The number of piperidine rings is 2. The first kappa shape index (κ1) is 29.9. The number of rotatable bonds is 8. The van der Waals surface area contributed by atoms with Crippen LogP contribution in [0.25, 0.3) is 0 Å². The highest BCUT2D eigenvalue weighted by Crippen LogP contribution is 2.40. The van der Waals surface area contributed by atoms with Crippen LogP contribution in [0.15, 0.2) is 91.0 Å². The van der Waals surface area contributed by atoms with Crippen LogP contribution in [0, 0.1) is 5.92 Å². The van der Waals surface area contributed by atoms with E-state index in [1.54, 1.807) is 4.90 Å². The molecule has 0 aliphatic carbocycles. The van der Waals surface area contributed by atoms with Crippen LogP contribution >= 0.6 is 0 Å². The van der Waals surface area contributed by atoms with Crippen molar-refractivity contribution in [1.82, 2.24) is 14.7 Å². The summed E-state index contributed by atoms with van der Waals surface area (Å²) in [5.74, 6) is 0.571. The SMILES string of the molecule is CCC(C(=O)N1CCC2(CC1)C(=O)N(CC(=O)N1CCC(Cc3ccccc3)CC1)CN2c1ccccc1)c1ccccc1. The third kappa shape index (κ3) is 6.10. The summed E-state index contributed by atoms with van der Waals surface area (Å²) in [4.78, 5) is 49.2. The van der Waals surface area contributed by atoms with Crippen molar-refractivity contribution in [3.05, 3.63) is 102 Å². The number of nitrogens with zero attached hydrogens (tertiary/aromatic N) is 4. The zero-order chi connectivity index (χ0) is 30.5. The third-order valence-electron chi connectivity index (χ3n) is 10.1. The first-order valence-electron chi connectivity index (χ1n) is 16.3. The normalized spacial score (nSPS) is 19.4. The topological polar surface area (TPSA) is 64.2 Å². The Bertz CT molecular complexity index is 1410. The summed E-state index contributed by atoms with van der Waals surface area (Å²) in [5.41, 5.74) is 2.62. The molecule has 3 aromatic rings. The molecule has 3 heterocycles. The molecule has 1 atom stereocenters. The summed E-state index contributed by atoms with van der Waals surface area (Å²) in [6.45, 7) is 5.06. The number of hydrogen-bond acceptors (Lipinski definition) is 4. The summed E-state index contributed by atoms with van der Waals surface area (Å²) in [7, 11) is 0. The number of carbonyl (C=O) groups is 3. The number of amides is 3. The molecule has 6 rings (SSSR count). The zero-order valence-corrected chi connectivity index (χ0v) is 25.8. The van der Waals surface area contributed by atoms with Gasteiger partial charge in [0, 0.05) is 31.9 Å². The molecule has 7 heteroatoms. The van der Waals surface area contributed by atoms with E-state index in [-0.39, 0.29) is 30.2 Å². The first-order chi connectivity index (χ1) is 21.5. The average Bonchev–Trinajstić information content (AvgIpc) is 3.33. The fourth-order valence-corrected chi connectivity index (χ4v) is 7.48. The lowest BCUT2D eigenvalue weighted by Crippen LogP contribution is -2.58. The lowest BCUT2D eigenvalue weighted by Gasteiger charge is -2.44. The second-order valence-electron chi connectivity index (χ2n) is 12.7. The van der Waals surface area contributed by atoms with Crippen LogP contribution in [0.3, 0.4) is 0 Å². The Labute approximate surface area is 261 Å². The van der Waals surface area contributed by atoms with E-state index < -0.39 is 5.54 Å². The quantitative estimate of drug-likeness (QED) is 0.355. The molecule has 3 aliphatic heterocycles. The molecule has 3 fully saturated rings. The monoisotopic (exact) mass is 592 g/mol. The fourth-order valence-electron chi connectivity index (χ4n) is 7.48. The third-order valence-corrected chi connectivity index (χ3v) is 10.1. The molecule has 1 unspecified atom stereocenters. The van der Waals surface area contributed by atoms with Crippen LogP contribution in [0.5, 0.6) is 0 Å². The minimum Gasteiger partial charge on any atom is -0.342 e. The minimum atomic E-state index is -0.754. The van der Waals surface area contributed by atoms with Gasteiger partial charge in [-0.05, 0) is 67.7 Å². The molecule has 0 radical (unpaired) electrons. The Morgan fingerprint density at radius 2 is 1.39 bits per heavy atom. The van der Waals surface area contributed by atoms with Gasteiger partial charge in [0.25, 0.3) is 5.91 Å². The smallest absolute Gasteiger partial charge is 0.250 e. The molecule has 3 saturated heterocycles. The van der Waals surface area contributed by atoms with E-state index in [9.17, 15) is 14.4 Å². The van der Waals surface area contributed by atoms with Crippen LogP contribution in [0.4, 0.5) is 5.69 Å². The van der Waals surface area contributed by atoms with E-state index in [0.29, 0.717) is 38.5 Å². The molecule has 3 aromatic carbocycles. The van der Waals surface area contributed by atoms with Crippen molar-refractivity contribution in [3.8, 4) is 0 Å². The molecular formula is C37H44N4O3. The van der Waals surface area contributed by atoms with Crippen molar-refractivity contribution < 1.29 is 14.4 Å². The van der Waals surface area contributed by atoms with Gasteiger partial charge in [0.1, 0.15) is 12.1 Å². The molecule has 230 valence electrons.